The van der Waals surface area contributed by atoms with Crippen molar-refractivity contribution in [1.82, 2.24) is 0 Å². The van der Waals surface area contributed by atoms with Gasteiger partial charge in [-0.25, -0.2) is 8.78 Å². The van der Waals surface area contributed by atoms with Gasteiger partial charge in [-0.1, -0.05) is 59.1 Å². The second-order valence-corrected chi connectivity index (χ2v) is 8.41. The molecule has 0 N–H and O–H groups in total. The van der Waals surface area contributed by atoms with E-state index in [4.69, 9.17) is 21.2 Å². The van der Waals surface area contributed by atoms with Gasteiger partial charge in [-0.15, -0.1) is 0 Å². The van der Waals surface area contributed by atoms with Crippen molar-refractivity contribution in [2.45, 2.75) is 45.6 Å². The maximum Gasteiger partial charge on any atom is 0.125 e. The standard InChI is InChI=1S/C18H18ClF2N.C8H10.2CH2O/c1-22-16(8-4-12-2-6-14(20)10-17(12)19)9-5-13-3-7-15(21)11-18(13)22;1-7-3-5-8(2)6-4-7;2*1-2/h2-3,6-7,10-11,16H,4-5,8-9H2,1H3;3-6H,1-2H3;2*1H2. The monoisotopic (exact) mass is 487 g/mol. The van der Waals surface area contributed by atoms with E-state index in [1.165, 1.54) is 34.9 Å². The summed E-state index contributed by atoms with van der Waals surface area (Å²) in [5.41, 5.74) is 5.79. The van der Waals surface area contributed by atoms with Crippen molar-refractivity contribution in [3.8, 4) is 0 Å². The Bertz CT molecular complexity index is 1000. The third kappa shape index (κ3) is 8.71. The number of halogens is 3. The summed E-state index contributed by atoms with van der Waals surface area (Å²) in [5, 5.41) is 0.477. The molecular weight excluding hydrogens is 456 g/mol. The molecule has 0 aliphatic carbocycles. The number of anilines is 1. The van der Waals surface area contributed by atoms with Crippen LogP contribution in [0, 0.1) is 25.5 Å². The van der Waals surface area contributed by atoms with Crippen molar-refractivity contribution in [1.29, 1.82) is 0 Å². The molecule has 1 aliphatic rings. The molecule has 0 saturated carbocycles. The number of aryl methyl sites for hydroxylation is 4. The molecule has 34 heavy (non-hydrogen) atoms. The SMILES string of the molecule is C=O.C=O.CN1c2cc(F)ccc2CCC1CCc1ccc(F)cc1Cl.Cc1ccc(C)cc1. The van der Waals surface area contributed by atoms with Crippen molar-refractivity contribution in [2.75, 3.05) is 11.9 Å². The molecule has 0 aromatic heterocycles. The number of benzene rings is 3. The van der Waals surface area contributed by atoms with Crippen LogP contribution in [-0.2, 0) is 22.4 Å². The molecule has 0 bridgehead atoms. The smallest absolute Gasteiger partial charge is 0.125 e. The number of hydrogen-bond donors (Lipinski definition) is 0. The van der Waals surface area contributed by atoms with E-state index >= 15 is 0 Å². The Morgan fingerprint density at radius 2 is 1.41 bits per heavy atom. The van der Waals surface area contributed by atoms with Gasteiger partial charge in [0, 0.05) is 23.8 Å². The second-order valence-electron chi connectivity index (χ2n) is 8.01. The molecule has 0 amide bonds. The lowest BCUT2D eigenvalue weighted by molar-refractivity contribution is -0.0987. The van der Waals surface area contributed by atoms with Crippen molar-refractivity contribution in [3.05, 3.63) is 99.6 Å². The fraction of sp³-hybridized carbons (Fsp3) is 0.286. The first-order valence-electron chi connectivity index (χ1n) is 10.9. The van der Waals surface area contributed by atoms with E-state index in [1.807, 2.05) is 26.7 Å². The van der Waals surface area contributed by atoms with Crippen LogP contribution in [0.1, 0.15) is 35.1 Å². The Morgan fingerprint density at radius 1 is 0.882 bits per heavy atom. The van der Waals surface area contributed by atoms with Gasteiger partial charge in [0.1, 0.15) is 25.2 Å². The average Bonchev–Trinajstić information content (AvgIpc) is 2.85. The number of carbonyl (C=O) groups is 2. The molecule has 0 fully saturated rings. The summed E-state index contributed by atoms with van der Waals surface area (Å²) in [7, 11) is 2.01. The Balaban J connectivity index is 0.000000403. The summed E-state index contributed by atoms with van der Waals surface area (Å²) < 4.78 is 26.5. The molecular formula is C28H32ClF2NO2. The van der Waals surface area contributed by atoms with E-state index in [-0.39, 0.29) is 11.6 Å². The van der Waals surface area contributed by atoms with E-state index in [1.54, 1.807) is 12.1 Å². The lowest BCUT2D eigenvalue weighted by Gasteiger charge is -2.36. The van der Waals surface area contributed by atoms with Gasteiger partial charge in [-0.2, -0.15) is 0 Å². The number of fused-ring (bicyclic) bond motifs is 1. The maximum atomic E-state index is 13.5. The van der Waals surface area contributed by atoms with Crippen LogP contribution >= 0.6 is 11.6 Å². The van der Waals surface area contributed by atoms with Crippen LogP contribution in [0.4, 0.5) is 14.5 Å². The maximum absolute atomic E-state index is 13.5. The minimum Gasteiger partial charge on any atom is -0.371 e. The fourth-order valence-electron chi connectivity index (χ4n) is 3.81. The largest absolute Gasteiger partial charge is 0.371 e. The van der Waals surface area contributed by atoms with E-state index in [2.05, 4.69) is 43.0 Å². The quantitative estimate of drug-likeness (QED) is 0.401. The highest BCUT2D eigenvalue weighted by molar-refractivity contribution is 6.31. The Morgan fingerprint density at radius 3 is 1.97 bits per heavy atom. The first-order valence-corrected chi connectivity index (χ1v) is 11.3. The average molecular weight is 488 g/mol. The first kappa shape index (κ1) is 29.0. The molecule has 4 rings (SSSR count). The molecule has 3 aromatic rings. The molecule has 0 spiro atoms. The minimum atomic E-state index is -0.312. The number of nitrogens with zero attached hydrogens (tertiary/aromatic N) is 1. The number of rotatable bonds is 3. The molecule has 6 heteroatoms. The lowest BCUT2D eigenvalue weighted by atomic mass is 9.92. The summed E-state index contributed by atoms with van der Waals surface area (Å²) in [5.74, 6) is -0.513. The molecule has 1 aliphatic heterocycles. The van der Waals surface area contributed by atoms with Crippen LogP contribution in [0.5, 0.6) is 0 Å². The predicted molar refractivity (Wildman–Crippen MR) is 137 cm³/mol. The van der Waals surface area contributed by atoms with Gasteiger partial charge in [0.2, 0.25) is 0 Å². The summed E-state index contributed by atoms with van der Waals surface area (Å²) >= 11 is 6.08. The minimum absolute atomic E-state index is 0.201. The second kappa shape index (κ2) is 15.0. The van der Waals surface area contributed by atoms with Crippen LogP contribution in [-0.4, -0.2) is 26.7 Å². The van der Waals surface area contributed by atoms with E-state index < -0.39 is 0 Å². The lowest BCUT2D eigenvalue weighted by Crippen LogP contribution is -2.36. The number of carbonyl (C=O) groups excluding carboxylic acids is 2. The molecule has 1 atom stereocenters. The highest BCUT2D eigenvalue weighted by Crippen LogP contribution is 2.32. The third-order valence-electron chi connectivity index (χ3n) is 5.70. The Kier molecular flexibility index (Phi) is 12.8. The highest BCUT2D eigenvalue weighted by Gasteiger charge is 2.23. The van der Waals surface area contributed by atoms with Gasteiger partial charge < -0.3 is 14.5 Å². The summed E-state index contributed by atoms with van der Waals surface area (Å²) in [6.07, 6.45) is 3.70. The van der Waals surface area contributed by atoms with Crippen LogP contribution in [0.2, 0.25) is 5.02 Å². The Labute approximate surface area is 206 Å². The van der Waals surface area contributed by atoms with Crippen molar-refractivity contribution in [3.63, 3.8) is 0 Å². The van der Waals surface area contributed by atoms with Gasteiger partial charge in [0.05, 0.1) is 0 Å². The normalized spacial score (nSPS) is 13.7. The molecule has 182 valence electrons. The van der Waals surface area contributed by atoms with E-state index in [0.29, 0.717) is 11.1 Å². The first-order chi connectivity index (χ1) is 16.3. The van der Waals surface area contributed by atoms with Crippen LogP contribution < -0.4 is 4.90 Å². The number of hydrogen-bond acceptors (Lipinski definition) is 3. The third-order valence-corrected chi connectivity index (χ3v) is 6.05. The molecule has 3 aromatic carbocycles. The van der Waals surface area contributed by atoms with Crippen LogP contribution in [0.3, 0.4) is 0 Å². The predicted octanol–water partition coefficient (Wildman–Crippen LogP) is 6.94. The van der Waals surface area contributed by atoms with Crippen LogP contribution in [0.15, 0.2) is 60.7 Å². The van der Waals surface area contributed by atoms with Gasteiger partial charge in [0.15, 0.2) is 0 Å². The zero-order valence-corrected chi connectivity index (χ0v) is 20.7. The zero-order chi connectivity index (χ0) is 25.7. The zero-order valence-electron chi connectivity index (χ0n) is 20.0. The molecule has 1 unspecified atom stereocenters. The summed E-state index contributed by atoms with van der Waals surface area (Å²) in [6.45, 7) is 8.19. The van der Waals surface area contributed by atoms with E-state index in [0.717, 1.165) is 36.9 Å². The highest BCUT2D eigenvalue weighted by atomic mass is 35.5. The summed E-state index contributed by atoms with van der Waals surface area (Å²) in [6, 6.07) is 18.4. The molecule has 0 radical (unpaired) electrons. The van der Waals surface area contributed by atoms with Crippen molar-refractivity contribution in [2.24, 2.45) is 0 Å². The van der Waals surface area contributed by atoms with Gasteiger partial charge in [-0.3, -0.25) is 0 Å². The van der Waals surface area contributed by atoms with Gasteiger partial charge >= 0.3 is 0 Å². The van der Waals surface area contributed by atoms with Gasteiger partial charge in [-0.05, 0) is 74.9 Å². The van der Waals surface area contributed by atoms with Crippen LogP contribution in [0.25, 0.3) is 0 Å². The molecule has 3 nitrogen and oxygen atoms in total. The van der Waals surface area contributed by atoms with Gasteiger partial charge in [0.25, 0.3) is 0 Å². The van der Waals surface area contributed by atoms with Crippen molar-refractivity contribution >= 4 is 30.9 Å². The van der Waals surface area contributed by atoms with Crippen molar-refractivity contribution < 1.29 is 18.4 Å². The molecule has 0 saturated heterocycles. The van der Waals surface area contributed by atoms with E-state index in [9.17, 15) is 8.78 Å². The molecule has 1 heterocycles. The fourth-order valence-corrected chi connectivity index (χ4v) is 4.07. The Hall–Kier alpha value is -3.05. The topological polar surface area (TPSA) is 37.4 Å². The summed E-state index contributed by atoms with van der Waals surface area (Å²) in [4.78, 5) is 18.2.